The second kappa shape index (κ2) is 8.30. The number of amides is 2. The maximum absolute atomic E-state index is 13.0. The van der Waals surface area contributed by atoms with E-state index >= 15 is 0 Å². The fourth-order valence-electron chi connectivity index (χ4n) is 4.40. The molecule has 3 aliphatic rings. The minimum Gasteiger partial charge on any atom is -0.485 e. The van der Waals surface area contributed by atoms with Crippen molar-refractivity contribution in [2.75, 3.05) is 32.8 Å². The molecule has 0 saturated carbocycles. The number of ether oxygens (including phenoxy) is 2. The highest BCUT2D eigenvalue weighted by molar-refractivity contribution is 7.14. The average Bonchev–Trinajstić information content (AvgIpc) is 3.08. The predicted molar refractivity (Wildman–Crippen MR) is 114 cm³/mol. The first-order chi connectivity index (χ1) is 14.7. The molecule has 1 aromatic carbocycles. The Morgan fingerprint density at radius 2 is 1.67 bits per heavy atom. The maximum atomic E-state index is 13.0. The highest BCUT2D eigenvalue weighted by Crippen LogP contribution is 2.32. The summed E-state index contributed by atoms with van der Waals surface area (Å²) in [5.41, 5.74) is 1.37. The highest BCUT2D eigenvalue weighted by atomic mass is 32.1. The molecule has 1 aromatic heterocycles. The van der Waals surface area contributed by atoms with Crippen molar-refractivity contribution in [3.8, 4) is 11.5 Å². The lowest BCUT2D eigenvalue weighted by Crippen LogP contribution is -2.55. The Morgan fingerprint density at radius 3 is 2.50 bits per heavy atom. The van der Waals surface area contributed by atoms with Crippen LogP contribution in [0, 0.1) is 0 Å². The van der Waals surface area contributed by atoms with Crippen molar-refractivity contribution in [2.24, 2.45) is 0 Å². The third-order valence-electron chi connectivity index (χ3n) is 6.12. The van der Waals surface area contributed by atoms with Gasteiger partial charge in [0.15, 0.2) is 11.5 Å². The summed E-state index contributed by atoms with van der Waals surface area (Å²) in [5.74, 6) is 1.31. The molecule has 0 radical (unpaired) electrons. The second-order valence-electron chi connectivity index (χ2n) is 8.10. The van der Waals surface area contributed by atoms with Crippen LogP contribution in [0.15, 0.2) is 30.3 Å². The van der Waals surface area contributed by atoms with Crippen LogP contribution < -0.4 is 9.47 Å². The molecule has 3 heterocycles. The van der Waals surface area contributed by atoms with E-state index in [1.165, 1.54) is 29.7 Å². The molecule has 158 valence electrons. The monoisotopic (exact) mass is 426 g/mol. The van der Waals surface area contributed by atoms with Gasteiger partial charge < -0.3 is 19.3 Å². The van der Waals surface area contributed by atoms with Crippen LogP contribution in [0.2, 0.25) is 0 Å². The molecule has 0 N–H and O–H groups in total. The fraction of sp³-hybridized carbons (Fsp3) is 0.478. The summed E-state index contributed by atoms with van der Waals surface area (Å²) >= 11 is 1.67. The SMILES string of the molecule is O=C(c1cc2c(s1)CCCCC2)N1CCN(C(=O)C2COc3ccccc3O2)CC1. The molecular weight excluding hydrogens is 400 g/mol. The molecule has 7 heteroatoms. The number of carbonyl (C=O) groups excluding carboxylic acids is 2. The van der Waals surface area contributed by atoms with Gasteiger partial charge in [0.1, 0.15) is 6.61 Å². The lowest BCUT2D eigenvalue weighted by Gasteiger charge is -2.37. The van der Waals surface area contributed by atoms with Crippen molar-refractivity contribution >= 4 is 23.2 Å². The van der Waals surface area contributed by atoms with Gasteiger partial charge in [-0.05, 0) is 49.4 Å². The molecule has 1 saturated heterocycles. The fourth-order valence-corrected chi connectivity index (χ4v) is 5.62. The van der Waals surface area contributed by atoms with Crippen LogP contribution in [-0.2, 0) is 17.6 Å². The Hall–Kier alpha value is -2.54. The summed E-state index contributed by atoms with van der Waals surface area (Å²) in [5, 5.41) is 0. The largest absolute Gasteiger partial charge is 0.485 e. The molecule has 5 rings (SSSR count). The van der Waals surface area contributed by atoms with Gasteiger partial charge >= 0.3 is 0 Å². The summed E-state index contributed by atoms with van der Waals surface area (Å²) in [6.45, 7) is 2.37. The average molecular weight is 427 g/mol. The van der Waals surface area contributed by atoms with Gasteiger partial charge in [0, 0.05) is 31.1 Å². The number of thiophene rings is 1. The highest BCUT2D eigenvalue weighted by Gasteiger charge is 2.34. The molecule has 30 heavy (non-hydrogen) atoms. The number of nitrogens with zero attached hydrogens (tertiary/aromatic N) is 2. The van der Waals surface area contributed by atoms with Gasteiger partial charge in [-0.15, -0.1) is 11.3 Å². The predicted octanol–water partition coefficient (Wildman–Crippen LogP) is 3.14. The number of hydrogen-bond acceptors (Lipinski definition) is 5. The minimum absolute atomic E-state index is 0.0700. The Bertz CT molecular complexity index is 925. The van der Waals surface area contributed by atoms with E-state index in [2.05, 4.69) is 6.07 Å². The second-order valence-corrected chi connectivity index (χ2v) is 9.24. The van der Waals surface area contributed by atoms with Crippen LogP contribution in [0.4, 0.5) is 0 Å². The number of benzene rings is 1. The lowest BCUT2D eigenvalue weighted by molar-refractivity contribution is -0.142. The molecule has 1 atom stereocenters. The maximum Gasteiger partial charge on any atom is 0.267 e. The lowest BCUT2D eigenvalue weighted by atomic mass is 10.1. The Morgan fingerprint density at radius 1 is 0.933 bits per heavy atom. The molecule has 1 aliphatic carbocycles. The Labute approximate surface area is 180 Å². The van der Waals surface area contributed by atoms with Crippen LogP contribution in [0.25, 0.3) is 0 Å². The standard InChI is InChI=1S/C23H26N2O4S/c26-22(19-15-28-17-7-4-5-8-18(17)29-19)24-10-12-25(13-11-24)23(27)21-14-16-6-2-1-3-9-20(16)30-21/h4-5,7-8,14,19H,1-3,6,9-13,15H2. The molecular formula is C23H26N2O4S. The zero-order valence-corrected chi connectivity index (χ0v) is 17.8. The van der Waals surface area contributed by atoms with E-state index in [4.69, 9.17) is 9.47 Å². The molecule has 1 fully saturated rings. The van der Waals surface area contributed by atoms with Gasteiger partial charge in [0.05, 0.1) is 4.88 Å². The molecule has 6 nitrogen and oxygen atoms in total. The molecule has 2 aromatic rings. The summed E-state index contributed by atoms with van der Waals surface area (Å²) in [7, 11) is 0. The van der Waals surface area contributed by atoms with Gasteiger partial charge in [-0.3, -0.25) is 9.59 Å². The van der Waals surface area contributed by atoms with Crippen molar-refractivity contribution in [2.45, 2.75) is 38.2 Å². The van der Waals surface area contributed by atoms with Crippen LogP contribution >= 0.6 is 11.3 Å². The van der Waals surface area contributed by atoms with Crippen molar-refractivity contribution in [3.63, 3.8) is 0 Å². The van der Waals surface area contributed by atoms with Crippen LogP contribution in [0.1, 0.15) is 39.4 Å². The first kappa shape index (κ1) is 19.4. The number of hydrogen-bond donors (Lipinski definition) is 0. The van der Waals surface area contributed by atoms with E-state index in [-0.39, 0.29) is 18.4 Å². The van der Waals surface area contributed by atoms with E-state index < -0.39 is 6.10 Å². The third kappa shape index (κ3) is 3.78. The third-order valence-corrected chi connectivity index (χ3v) is 7.35. The topological polar surface area (TPSA) is 59.1 Å². The quantitative estimate of drug-likeness (QED) is 0.693. The number of piperazine rings is 1. The molecule has 2 aliphatic heterocycles. The van der Waals surface area contributed by atoms with Crippen LogP contribution in [0.5, 0.6) is 11.5 Å². The number of para-hydroxylation sites is 2. The van der Waals surface area contributed by atoms with Crippen LogP contribution in [-0.4, -0.2) is 60.5 Å². The summed E-state index contributed by atoms with van der Waals surface area (Å²) in [6.07, 6.45) is 5.28. The first-order valence-corrected chi connectivity index (χ1v) is 11.6. The van der Waals surface area contributed by atoms with E-state index in [0.717, 1.165) is 17.7 Å². The number of fused-ring (bicyclic) bond motifs is 2. The van der Waals surface area contributed by atoms with Crippen molar-refractivity contribution < 1.29 is 19.1 Å². The zero-order chi connectivity index (χ0) is 20.5. The first-order valence-electron chi connectivity index (χ1n) is 10.8. The number of rotatable bonds is 2. The minimum atomic E-state index is -0.630. The molecule has 1 unspecified atom stereocenters. The summed E-state index contributed by atoms with van der Waals surface area (Å²) in [4.78, 5) is 31.8. The van der Waals surface area contributed by atoms with E-state index in [1.807, 2.05) is 29.2 Å². The number of carbonyl (C=O) groups is 2. The Kier molecular flexibility index (Phi) is 5.37. The van der Waals surface area contributed by atoms with Crippen LogP contribution in [0.3, 0.4) is 0 Å². The van der Waals surface area contributed by atoms with Gasteiger partial charge in [0.25, 0.3) is 11.8 Å². The number of aryl methyl sites for hydroxylation is 2. The smallest absolute Gasteiger partial charge is 0.267 e. The normalized spacial score (nSPS) is 21.0. The molecule has 2 amide bonds. The van der Waals surface area contributed by atoms with Crippen molar-refractivity contribution in [1.82, 2.24) is 9.80 Å². The molecule has 0 bridgehead atoms. The van der Waals surface area contributed by atoms with Gasteiger partial charge in [-0.2, -0.15) is 0 Å². The summed E-state index contributed by atoms with van der Waals surface area (Å²) in [6, 6.07) is 9.50. The van der Waals surface area contributed by atoms with Crippen molar-refractivity contribution in [1.29, 1.82) is 0 Å². The Balaban J connectivity index is 1.18. The van der Waals surface area contributed by atoms with Gasteiger partial charge in [-0.25, -0.2) is 0 Å². The van der Waals surface area contributed by atoms with E-state index in [1.54, 1.807) is 16.2 Å². The van der Waals surface area contributed by atoms with E-state index in [0.29, 0.717) is 37.7 Å². The zero-order valence-electron chi connectivity index (χ0n) is 17.0. The van der Waals surface area contributed by atoms with Gasteiger partial charge in [-0.1, -0.05) is 18.6 Å². The molecule has 0 spiro atoms. The summed E-state index contributed by atoms with van der Waals surface area (Å²) < 4.78 is 11.5. The van der Waals surface area contributed by atoms with E-state index in [9.17, 15) is 9.59 Å². The van der Waals surface area contributed by atoms with Gasteiger partial charge in [0.2, 0.25) is 6.10 Å². The van der Waals surface area contributed by atoms with Crippen molar-refractivity contribution in [3.05, 3.63) is 45.6 Å².